The molecule has 4 aromatic rings. The monoisotopic (exact) mass is 395 g/mol. The number of aryl methyl sites for hydroxylation is 1. The normalized spacial score (nSPS) is 15.5. The van der Waals surface area contributed by atoms with E-state index in [1.165, 1.54) is 15.9 Å². The van der Waals surface area contributed by atoms with E-state index in [0.717, 1.165) is 47.5 Å². The highest BCUT2D eigenvalue weighted by Crippen LogP contribution is 2.27. The number of benzene rings is 1. The number of anilines is 1. The molecule has 1 saturated heterocycles. The van der Waals surface area contributed by atoms with Gasteiger partial charge >= 0.3 is 0 Å². The molecule has 1 fully saturated rings. The van der Waals surface area contributed by atoms with Crippen LogP contribution >= 0.6 is 11.3 Å². The Hall–Kier alpha value is -2.78. The van der Waals surface area contributed by atoms with Crippen LogP contribution in [0.15, 0.2) is 35.3 Å². The number of piperidine rings is 1. The molecular weight excluding hydrogens is 374 g/mol. The fourth-order valence-electron chi connectivity index (χ4n) is 3.75. The summed E-state index contributed by atoms with van der Waals surface area (Å²) in [6, 6.07) is 7.92. The molecule has 0 spiro atoms. The van der Waals surface area contributed by atoms with Crippen LogP contribution in [0.1, 0.15) is 12.8 Å². The maximum Gasteiger partial charge on any atom is 0.275 e. The highest BCUT2D eigenvalue weighted by atomic mass is 32.1. The number of aromatic nitrogens is 5. The average molecular weight is 395 g/mol. The summed E-state index contributed by atoms with van der Waals surface area (Å²) < 4.78 is 3.19. The van der Waals surface area contributed by atoms with Gasteiger partial charge in [-0.1, -0.05) is 17.4 Å². The third-order valence-electron chi connectivity index (χ3n) is 5.31. The number of nitrogens with one attached hydrogen (secondary N) is 1. The van der Waals surface area contributed by atoms with Crippen molar-refractivity contribution in [3.63, 3.8) is 0 Å². The number of hydrogen-bond donors (Lipinski definition) is 1. The first kappa shape index (κ1) is 17.3. The van der Waals surface area contributed by atoms with Crippen LogP contribution in [0.2, 0.25) is 0 Å². The lowest BCUT2D eigenvalue weighted by molar-refractivity contribution is 0.442. The molecule has 0 amide bonds. The Morgan fingerprint density at radius 2 is 2.04 bits per heavy atom. The summed E-state index contributed by atoms with van der Waals surface area (Å²) in [6.45, 7) is 2.03. The summed E-state index contributed by atoms with van der Waals surface area (Å²) in [6.07, 6.45) is 4.11. The molecule has 1 aliphatic heterocycles. The zero-order chi connectivity index (χ0) is 19.3. The quantitative estimate of drug-likeness (QED) is 0.571. The van der Waals surface area contributed by atoms with Gasteiger partial charge in [-0.05, 0) is 38.1 Å². The standard InChI is InChI=1S/C19H21N7OS/c1-24-11-13-9-12(3-4-15(13)22-24)16-10-17(27)26-18(21-16)28-19(23-26)25(2)14-5-7-20-8-6-14/h3-4,9-11,14,20H,5-8H2,1-2H3. The third-order valence-corrected chi connectivity index (χ3v) is 6.31. The zero-order valence-corrected chi connectivity index (χ0v) is 16.6. The fourth-order valence-corrected chi connectivity index (χ4v) is 4.69. The van der Waals surface area contributed by atoms with Crippen LogP contribution in [-0.2, 0) is 7.05 Å². The van der Waals surface area contributed by atoms with E-state index >= 15 is 0 Å². The van der Waals surface area contributed by atoms with Gasteiger partial charge in [0.25, 0.3) is 5.56 Å². The molecule has 28 heavy (non-hydrogen) atoms. The second kappa shape index (κ2) is 6.68. The van der Waals surface area contributed by atoms with Gasteiger partial charge in [0, 0.05) is 43.4 Å². The molecule has 3 aromatic heterocycles. The van der Waals surface area contributed by atoms with Gasteiger partial charge in [-0.15, -0.1) is 5.10 Å². The van der Waals surface area contributed by atoms with Crippen molar-refractivity contribution in [1.29, 1.82) is 0 Å². The highest BCUT2D eigenvalue weighted by molar-refractivity contribution is 7.20. The summed E-state index contributed by atoms with van der Waals surface area (Å²) in [5.74, 6) is 0. The maximum atomic E-state index is 12.7. The predicted octanol–water partition coefficient (Wildman–Crippen LogP) is 1.89. The summed E-state index contributed by atoms with van der Waals surface area (Å²) in [4.78, 5) is 20.2. The van der Waals surface area contributed by atoms with Crippen molar-refractivity contribution in [2.75, 3.05) is 25.0 Å². The van der Waals surface area contributed by atoms with Crippen molar-refractivity contribution >= 4 is 32.3 Å². The Morgan fingerprint density at radius 1 is 1.21 bits per heavy atom. The smallest absolute Gasteiger partial charge is 0.275 e. The molecule has 9 heteroatoms. The molecule has 5 rings (SSSR count). The molecule has 1 N–H and O–H groups in total. The predicted molar refractivity (Wildman–Crippen MR) is 111 cm³/mol. The second-order valence-electron chi connectivity index (χ2n) is 7.23. The van der Waals surface area contributed by atoms with Crippen molar-refractivity contribution in [3.8, 4) is 11.3 Å². The van der Waals surface area contributed by atoms with Crippen molar-refractivity contribution in [2.45, 2.75) is 18.9 Å². The van der Waals surface area contributed by atoms with Crippen LogP contribution in [-0.4, -0.2) is 50.6 Å². The molecule has 1 aromatic carbocycles. The van der Waals surface area contributed by atoms with Gasteiger partial charge in [0.2, 0.25) is 10.1 Å². The van der Waals surface area contributed by atoms with Crippen molar-refractivity contribution in [3.05, 3.63) is 40.8 Å². The van der Waals surface area contributed by atoms with Crippen LogP contribution in [0.5, 0.6) is 0 Å². The van der Waals surface area contributed by atoms with Crippen LogP contribution in [0.4, 0.5) is 5.13 Å². The Kier molecular flexibility index (Phi) is 4.13. The van der Waals surface area contributed by atoms with E-state index < -0.39 is 0 Å². The maximum absolute atomic E-state index is 12.7. The van der Waals surface area contributed by atoms with Crippen LogP contribution in [0, 0.1) is 0 Å². The zero-order valence-electron chi connectivity index (χ0n) is 15.8. The van der Waals surface area contributed by atoms with E-state index in [2.05, 4.69) is 27.5 Å². The fraction of sp³-hybridized carbons (Fsp3) is 0.368. The van der Waals surface area contributed by atoms with Gasteiger partial charge in [-0.25, -0.2) is 4.98 Å². The number of hydrogen-bond acceptors (Lipinski definition) is 7. The largest absolute Gasteiger partial charge is 0.347 e. The first-order valence-corrected chi connectivity index (χ1v) is 10.2. The summed E-state index contributed by atoms with van der Waals surface area (Å²) >= 11 is 1.46. The van der Waals surface area contributed by atoms with Gasteiger partial charge in [0.1, 0.15) is 0 Å². The molecule has 0 unspecified atom stereocenters. The molecule has 8 nitrogen and oxygen atoms in total. The lowest BCUT2D eigenvalue weighted by Gasteiger charge is -2.30. The first-order chi connectivity index (χ1) is 13.6. The molecule has 0 bridgehead atoms. The number of rotatable bonds is 3. The molecule has 0 radical (unpaired) electrons. The van der Waals surface area contributed by atoms with Gasteiger partial charge in [-0.2, -0.15) is 9.61 Å². The minimum absolute atomic E-state index is 0.160. The Morgan fingerprint density at radius 3 is 2.86 bits per heavy atom. The SMILES string of the molecule is CN(c1nn2c(=O)cc(-c3ccc4nn(C)cc4c3)nc2s1)C1CCNCC1. The molecule has 0 aliphatic carbocycles. The van der Waals surface area contributed by atoms with Gasteiger partial charge < -0.3 is 10.2 Å². The lowest BCUT2D eigenvalue weighted by atomic mass is 10.1. The van der Waals surface area contributed by atoms with Gasteiger partial charge in [0.15, 0.2) is 0 Å². The van der Waals surface area contributed by atoms with Crippen LogP contribution in [0.3, 0.4) is 0 Å². The summed E-state index contributed by atoms with van der Waals surface area (Å²) in [7, 11) is 3.95. The van der Waals surface area contributed by atoms with Crippen LogP contribution in [0.25, 0.3) is 27.1 Å². The van der Waals surface area contributed by atoms with Crippen molar-refractivity contribution in [2.24, 2.45) is 7.05 Å². The van der Waals surface area contributed by atoms with E-state index in [4.69, 9.17) is 4.98 Å². The number of nitrogens with zero attached hydrogens (tertiary/aromatic N) is 6. The summed E-state index contributed by atoms with van der Waals surface area (Å²) in [5, 5.41) is 14.2. The molecule has 144 valence electrons. The molecule has 0 atom stereocenters. The van der Waals surface area contributed by atoms with E-state index in [0.29, 0.717) is 16.7 Å². The Labute approximate surface area is 165 Å². The summed E-state index contributed by atoms with van der Waals surface area (Å²) in [5.41, 5.74) is 2.33. The third kappa shape index (κ3) is 2.96. The molecule has 1 aliphatic rings. The lowest BCUT2D eigenvalue weighted by Crippen LogP contribution is -2.41. The molecular formula is C19H21N7OS. The van der Waals surface area contributed by atoms with E-state index in [9.17, 15) is 4.79 Å². The van der Waals surface area contributed by atoms with Crippen molar-refractivity contribution in [1.82, 2.24) is 29.7 Å². The Balaban J connectivity index is 1.54. The number of fused-ring (bicyclic) bond motifs is 2. The minimum atomic E-state index is -0.160. The second-order valence-corrected chi connectivity index (χ2v) is 8.16. The molecule has 4 heterocycles. The van der Waals surface area contributed by atoms with E-state index in [-0.39, 0.29) is 5.56 Å². The first-order valence-electron chi connectivity index (χ1n) is 9.37. The minimum Gasteiger partial charge on any atom is -0.347 e. The average Bonchev–Trinajstić information content (AvgIpc) is 3.30. The van der Waals surface area contributed by atoms with Gasteiger partial charge in [0.05, 0.1) is 11.2 Å². The van der Waals surface area contributed by atoms with E-state index in [1.807, 2.05) is 31.4 Å². The molecule has 0 saturated carbocycles. The van der Waals surface area contributed by atoms with Crippen LogP contribution < -0.4 is 15.8 Å². The van der Waals surface area contributed by atoms with Gasteiger partial charge in [-0.3, -0.25) is 9.48 Å². The van der Waals surface area contributed by atoms with Crippen molar-refractivity contribution < 1.29 is 0 Å². The topological polar surface area (TPSA) is 80.3 Å². The highest BCUT2D eigenvalue weighted by Gasteiger charge is 2.21. The van der Waals surface area contributed by atoms with E-state index in [1.54, 1.807) is 10.7 Å². The Bertz CT molecular complexity index is 1220.